The lowest BCUT2D eigenvalue weighted by molar-refractivity contribution is 0.0180. The molecule has 3 atom stereocenters. The number of benzene rings is 1. The first-order valence-corrected chi connectivity index (χ1v) is 11.1. The van der Waals surface area contributed by atoms with Gasteiger partial charge in [0.25, 0.3) is 0 Å². The van der Waals surface area contributed by atoms with Gasteiger partial charge in [-0.2, -0.15) is 5.26 Å². The summed E-state index contributed by atoms with van der Waals surface area (Å²) in [6.07, 6.45) is 3.41. The number of carbonyl (C=O) groups excluding carboxylic acids is 1. The van der Waals surface area contributed by atoms with E-state index in [-0.39, 0.29) is 24.3 Å². The number of hydrogen-bond donors (Lipinski definition) is 1. The molecule has 3 heterocycles. The Morgan fingerprint density at radius 2 is 2.12 bits per heavy atom. The lowest BCUT2D eigenvalue weighted by Crippen LogP contribution is -2.42. The van der Waals surface area contributed by atoms with Crippen molar-refractivity contribution in [2.24, 2.45) is 0 Å². The van der Waals surface area contributed by atoms with Crippen LogP contribution in [0.4, 0.5) is 20.7 Å². The average molecular weight is 454 g/mol. The number of hydrogen-bond acceptors (Lipinski definition) is 7. The zero-order valence-electron chi connectivity index (χ0n) is 19.3. The van der Waals surface area contributed by atoms with Gasteiger partial charge >= 0.3 is 6.09 Å². The van der Waals surface area contributed by atoms with Crippen LogP contribution in [0.1, 0.15) is 56.7 Å². The number of carbonyl (C=O) groups is 1. The Bertz CT molecular complexity index is 1090. The topological polar surface area (TPSA) is 100 Å². The molecule has 0 aliphatic carbocycles. The van der Waals surface area contributed by atoms with E-state index in [4.69, 9.17) is 14.7 Å². The van der Waals surface area contributed by atoms with Crippen LogP contribution in [0.25, 0.3) is 0 Å². The van der Waals surface area contributed by atoms with Gasteiger partial charge in [0.2, 0.25) is 5.88 Å². The minimum absolute atomic E-state index is 0.0627. The molecule has 2 aliphatic rings. The summed E-state index contributed by atoms with van der Waals surface area (Å²) in [5.74, 6) is 0.913. The highest BCUT2D eigenvalue weighted by molar-refractivity contribution is 5.70. The molecule has 2 saturated heterocycles. The van der Waals surface area contributed by atoms with E-state index in [1.807, 2.05) is 38.7 Å². The van der Waals surface area contributed by atoms with Crippen LogP contribution >= 0.6 is 0 Å². The van der Waals surface area contributed by atoms with Gasteiger partial charge in [-0.3, -0.25) is 4.90 Å². The molecule has 1 N–H and O–H groups in total. The summed E-state index contributed by atoms with van der Waals surface area (Å²) in [5.41, 5.74) is 1.42. The second-order valence-corrected chi connectivity index (χ2v) is 9.47. The maximum Gasteiger partial charge on any atom is 0.410 e. The zero-order valence-corrected chi connectivity index (χ0v) is 19.3. The quantitative estimate of drug-likeness (QED) is 0.695. The van der Waals surface area contributed by atoms with Crippen LogP contribution in [0.15, 0.2) is 24.5 Å². The van der Waals surface area contributed by atoms with Gasteiger partial charge in [0.05, 0.1) is 23.2 Å². The number of nitriles is 1. The van der Waals surface area contributed by atoms with Crippen LogP contribution in [0, 0.1) is 18.3 Å². The highest BCUT2D eigenvalue weighted by atomic mass is 19.1. The Balaban J connectivity index is 1.50. The summed E-state index contributed by atoms with van der Waals surface area (Å²) >= 11 is 0. The molecule has 8 nitrogen and oxygen atoms in total. The Morgan fingerprint density at radius 3 is 2.82 bits per heavy atom. The molecule has 174 valence electrons. The minimum atomic E-state index is -0.711. The van der Waals surface area contributed by atoms with Gasteiger partial charge in [-0.15, -0.1) is 0 Å². The molecule has 4 rings (SSSR count). The van der Waals surface area contributed by atoms with Crippen molar-refractivity contribution in [2.75, 3.05) is 5.32 Å². The lowest BCUT2D eigenvalue weighted by Gasteiger charge is -2.28. The van der Waals surface area contributed by atoms with E-state index in [0.717, 1.165) is 19.3 Å². The van der Waals surface area contributed by atoms with E-state index in [0.29, 0.717) is 34.1 Å². The monoisotopic (exact) mass is 453 g/mol. The van der Waals surface area contributed by atoms with E-state index in [9.17, 15) is 9.18 Å². The number of aromatic nitrogens is 2. The van der Waals surface area contributed by atoms with Crippen LogP contribution in [-0.2, 0) is 11.4 Å². The Morgan fingerprint density at radius 1 is 1.33 bits per heavy atom. The summed E-state index contributed by atoms with van der Waals surface area (Å²) in [7, 11) is 0. The van der Waals surface area contributed by atoms with E-state index in [1.165, 1.54) is 12.4 Å². The van der Waals surface area contributed by atoms with Gasteiger partial charge in [0.1, 0.15) is 30.5 Å². The summed E-state index contributed by atoms with van der Waals surface area (Å²) in [4.78, 5) is 23.1. The molecule has 2 fully saturated rings. The first kappa shape index (κ1) is 22.8. The van der Waals surface area contributed by atoms with Crippen molar-refractivity contribution >= 4 is 17.6 Å². The molecule has 0 saturated carbocycles. The number of alkyl halides is 1. The largest absolute Gasteiger partial charge is 0.472 e. The predicted molar refractivity (Wildman–Crippen MR) is 120 cm³/mol. The number of nitrogens with one attached hydrogen (secondary N) is 1. The second kappa shape index (κ2) is 8.85. The fourth-order valence-electron chi connectivity index (χ4n) is 4.51. The molecule has 3 unspecified atom stereocenters. The number of nitrogens with zero attached hydrogens (tertiary/aromatic N) is 4. The maximum atomic E-state index is 13.5. The van der Waals surface area contributed by atoms with Crippen molar-refractivity contribution in [2.45, 2.75) is 77.4 Å². The van der Waals surface area contributed by atoms with Crippen LogP contribution in [0.5, 0.6) is 5.88 Å². The zero-order chi connectivity index (χ0) is 23.8. The minimum Gasteiger partial charge on any atom is -0.472 e. The normalized spacial score (nSPS) is 21.6. The van der Waals surface area contributed by atoms with E-state index in [2.05, 4.69) is 15.3 Å². The molecule has 9 heteroatoms. The van der Waals surface area contributed by atoms with Crippen LogP contribution in [0.3, 0.4) is 0 Å². The van der Waals surface area contributed by atoms with Crippen molar-refractivity contribution in [1.82, 2.24) is 14.9 Å². The first-order chi connectivity index (χ1) is 15.7. The smallest absolute Gasteiger partial charge is 0.410 e. The molecule has 1 aromatic carbocycles. The molecular formula is C24H28FN5O3. The number of rotatable bonds is 5. The van der Waals surface area contributed by atoms with Gasteiger partial charge in [-0.1, -0.05) is 0 Å². The van der Waals surface area contributed by atoms with Crippen molar-refractivity contribution in [3.05, 3.63) is 41.2 Å². The summed E-state index contributed by atoms with van der Waals surface area (Å²) in [5, 5.41) is 12.2. The molecule has 1 amide bonds. The second-order valence-electron chi connectivity index (χ2n) is 9.47. The SMILES string of the molecule is Cc1c(Nc2ccc(C#N)cc2CF)ncnc1OC1CC2CCC1N2C(=O)OC(C)(C)C. The maximum absolute atomic E-state index is 13.5. The Labute approximate surface area is 192 Å². The summed E-state index contributed by atoms with van der Waals surface area (Å²) in [6, 6.07) is 6.84. The fraction of sp³-hybridized carbons (Fsp3) is 0.500. The molecule has 33 heavy (non-hydrogen) atoms. The molecule has 0 spiro atoms. The highest BCUT2D eigenvalue weighted by Gasteiger charge is 2.51. The van der Waals surface area contributed by atoms with Gasteiger partial charge in [-0.25, -0.2) is 19.2 Å². The number of halogens is 1. The van der Waals surface area contributed by atoms with Gasteiger partial charge in [-0.05, 0) is 58.7 Å². The third kappa shape index (κ3) is 4.70. The van der Waals surface area contributed by atoms with Crippen molar-refractivity contribution < 1.29 is 18.7 Å². The standard InChI is InChI=1S/C24H28FN5O3/c1-14-21(29-18-7-5-15(12-26)9-16(18)11-25)27-13-28-22(14)32-20-10-17-6-8-19(20)30(17)23(31)33-24(2,3)4/h5,7,9,13,17,19-20H,6,8,10-11H2,1-4H3,(H,27,28,29). The van der Waals surface area contributed by atoms with Crippen molar-refractivity contribution in [1.29, 1.82) is 5.26 Å². The first-order valence-electron chi connectivity index (χ1n) is 11.1. The molecule has 2 aliphatic heterocycles. The van der Waals surface area contributed by atoms with Crippen LogP contribution in [-0.4, -0.2) is 44.7 Å². The third-order valence-electron chi connectivity index (χ3n) is 6.02. The van der Waals surface area contributed by atoms with Gasteiger partial charge < -0.3 is 14.8 Å². The molecular weight excluding hydrogens is 425 g/mol. The molecule has 2 aromatic rings. The fourth-order valence-corrected chi connectivity index (χ4v) is 4.51. The van der Waals surface area contributed by atoms with E-state index >= 15 is 0 Å². The Hall–Kier alpha value is -3.41. The van der Waals surface area contributed by atoms with E-state index < -0.39 is 12.3 Å². The average Bonchev–Trinajstić information content (AvgIpc) is 3.33. The number of fused-ring (bicyclic) bond motifs is 2. The summed E-state index contributed by atoms with van der Waals surface area (Å²) in [6.45, 7) is 6.69. The van der Waals surface area contributed by atoms with Gasteiger partial charge in [0, 0.05) is 23.7 Å². The molecule has 2 bridgehead atoms. The number of amides is 1. The molecule has 0 radical (unpaired) electrons. The highest BCUT2D eigenvalue weighted by Crippen LogP contribution is 2.41. The Kier molecular flexibility index (Phi) is 6.11. The van der Waals surface area contributed by atoms with Crippen LogP contribution in [0.2, 0.25) is 0 Å². The van der Waals surface area contributed by atoms with Gasteiger partial charge in [0.15, 0.2) is 0 Å². The lowest BCUT2D eigenvalue weighted by atomic mass is 9.98. The third-order valence-corrected chi connectivity index (χ3v) is 6.02. The predicted octanol–water partition coefficient (Wildman–Crippen LogP) is 4.79. The van der Waals surface area contributed by atoms with Crippen molar-refractivity contribution in [3.63, 3.8) is 0 Å². The number of anilines is 2. The van der Waals surface area contributed by atoms with E-state index in [1.54, 1.807) is 12.1 Å². The van der Waals surface area contributed by atoms with Crippen molar-refractivity contribution in [3.8, 4) is 11.9 Å². The summed E-state index contributed by atoms with van der Waals surface area (Å²) < 4.78 is 25.4. The van der Waals surface area contributed by atoms with Crippen LogP contribution < -0.4 is 10.1 Å². The number of ether oxygens (including phenoxy) is 2. The molecule has 1 aromatic heterocycles.